The highest BCUT2D eigenvalue weighted by molar-refractivity contribution is 5.88. The maximum absolute atomic E-state index is 11.2. The molecule has 2 N–H and O–H groups in total. The van der Waals surface area contributed by atoms with Crippen molar-refractivity contribution in [2.75, 3.05) is 6.61 Å². The average molecular weight is 433 g/mol. The summed E-state index contributed by atoms with van der Waals surface area (Å²) in [5.74, 6) is -0.0631. The van der Waals surface area contributed by atoms with Gasteiger partial charge in [0.1, 0.15) is 11.3 Å². The molecule has 0 saturated heterocycles. The molecule has 0 radical (unpaired) electrons. The Bertz CT molecular complexity index is 1360. The number of hydrogen-bond acceptors (Lipinski definition) is 8. The van der Waals surface area contributed by atoms with Gasteiger partial charge in [0.05, 0.1) is 28.8 Å². The number of nitrogens with zero attached hydrogens (tertiary/aromatic N) is 3. The van der Waals surface area contributed by atoms with Gasteiger partial charge in [0, 0.05) is 17.8 Å². The molecule has 162 valence electrons. The number of ether oxygens (including phenoxy) is 1. The van der Waals surface area contributed by atoms with Gasteiger partial charge in [-0.05, 0) is 49.7 Å². The molecule has 0 fully saturated rings. The molecule has 0 bridgehead atoms. The first kappa shape index (κ1) is 20.9. The highest BCUT2D eigenvalue weighted by Gasteiger charge is 2.17. The Labute approximate surface area is 182 Å². The fourth-order valence-corrected chi connectivity index (χ4v) is 3.16. The third-order valence-corrected chi connectivity index (χ3v) is 4.71. The number of aryl methyl sites for hydroxylation is 1. The summed E-state index contributed by atoms with van der Waals surface area (Å²) in [7, 11) is 0. The van der Waals surface area contributed by atoms with Crippen molar-refractivity contribution >= 4 is 28.7 Å². The number of hydrogen-bond donors (Lipinski definition) is 2. The number of aromatic hydroxyl groups is 2. The lowest BCUT2D eigenvalue weighted by Gasteiger charge is -2.08. The predicted octanol–water partition coefficient (Wildman–Crippen LogP) is 5.27. The molecule has 1 heterocycles. The van der Waals surface area contributed by atoms with Crippen LogP contribution in [0, 0.1) is 17.0 Å². The molecule has 0 aliphatic carbocycles. The molecule has 0 aliphatic rings. The maximum atomic E-state index is 11.2. The number of non-ortho nitro benzene ring substituents is 1. The lowest BCUT2D eigenvalue weighted by atomic mass is 10.1. The number of fused-ring (bicyclic) bond motifs is 1. The van der Waals surface area contributed by atoms with Crippen molar-refractivity contribution in [3.05, 3.63) is 69.8 Å². The lowest BCUT2D eigenvalue weighted by Crippen LogP contribution is -1.97. The third kappa shape index (κ3) is 4.08. The van der Waals surface area contributed by atoms with Crippen LogP contribution >= 0.6 is 0 Å². The van der Waals surface area contributed by atoms with E-state index >= 15 is 0 Å². The van der Waals surface area contributed by atoms with Crippen LogP contribution < -0.4 is 4.74 Å². The summed E-state index contributed by atoms with van der Waals surface area (Å²) < 4.78 is 11.0. The second kappa shape index (κ2) is 8.38. The molecular weight excluding hydrogens is 414 g/mol. The Morgan fingerprint density at radius 1 is 1.19 bits per heavy atom. The molecule has 9 nitrogen and oxygen atoms in total. The number of phenols is 2. The van der Waals surface area contributed by atoms with Gasteiger partial charge in [0.25, 0.3) is 5.69 Å². The molecule has 0 saturated carbocycles. The second-order valence-corrected chi connectivity index (χ2v) is 7.02. The van der Waals surface area contributed by atoms with E-state index in [1.54, 1.807) is 25.1 Å². The Hall–Kier alpha value is -4.40. The van der Waals surface area contributed by atoms with Crippen LogP contribution in [-0.2, 0) is 0 Å². The van der Waals surface area contributed by atoms with Crippen LogP contribution in [0.3, 0.4) is 0 Å². The van der Waals surface area contributed by atoms with Gasteiger partial charge in [-0.2, -0.15) is 0 Å². The monoisotopic (exact) mass is 433 g/mol. The summed E-state index contributed by atoms with van der Waals surface area (Å²) in [4.78, 5) is 19.4. The van der Waals surface area contributed by atoms with Gasteiger partial charge in [0.15, 0.2) is 17.1 Å². The van der Waals surface area contributed by atoms with E-state index in [4.69, 9.17) is 9.15 Å². The van der Waals surface area contributed by atoms with E-state index in [0.717, 1.165) is 11.6 Å². The van der Waals surface area contributed by atoms with E-state index in [1.807, 2.05) is 19.1 Å². The first-order chi connectivity index (χ1) is 15.4. The van der Waals surface area contributed by atoms with E-state index in [0.29, 0.717) is 22.4 Å². The predicted molar refractivity (Wildman–Crippen MR) is 119 cm³/mol. The quantitative estimate of drug-likeness (QED) is 0.240. The highest BCUT2D eigenvalue weighted by Crippen LogP contribution is 2.36. The summed E-state index contributed by atoms with van der Waals surface area (Å²) in [5.41, 5.74) is 2.92. The second-order valence-electron chi connectivity index (χ2n) is 7.02. The Morgan fingerprint density at radius 3 is 2.75 bits per heavy atom. The summed E-state index contributed by atoms with van der Waals surface area (Å²) in [6.07, 6.45) is 1.29. The molecule has 3 aromatic carbocycles. The van der Waals surface area contributed by atoms with Gasteiger partial charge in [-0.25, -0.2) is 4.98 Å². The first-order valence-electron chi connectivity index (χ1n) is 9.74. The van der Waals surface area contributed by atoms with Crippen molar-refractivity contribution in [2.24, 2.45) is 4.99 Å². The van der Waals surface area contributed by atoms with E-state index in [-0.39, 0.29) is 41.0 Å². The van der Waals surface area contributed by atoms with Crippen molar-refractivity contribution in [2.45, 2.75) is 13.8 Å². The minimum atomic E-state index is -0.576. The molecule has 4 aromatic rings. The van der Waals surface area contributed by atoms with Crippen molar-refractivity contribution in [3.63, 3.8) is 0 Å². The normalized spacial score (nSPS) is 11.3. The van der Waals surface area contributed by atoms with Crippen LogP contribution in [0.15, 0.2) is 57.9 Å². The molecule has 1 aromatic heterocycles. The summed E-state index contributed by atoms with van der Waals surface area (Å²) in [6, 6.07) is 12.5. The highest BCUT2D eigenvalue weighted by atomic mass is 16.6. The molecule has 9 heteroatoms. The lowest BCUT2D eigenvalue weighted by molar-refractivity contribution is -0.385. The largest absolute Gasteiger partial charge is 0.507 e. The molecular formula is C23H19N3O6. The maximum Gasteiger partial charge on any atom is 0.274 e. The van der Waals surface area contributed by atoms with Gasteiger partial charge in [-0.1, -0.05) is 6.07 Å². The van der Waals surface area contributed by atoms with Crippen LogP contribution in [0.25, 0.3) is 22.6 Å². The number of aliphatic imine (C=N–C) groups is 1. The van der Waals surface area contributed by atoms with Crippen molar-refractivity contribution < 1.29 is 24.3 Å². The zero-order chi connectivity index (χ0) is 22.8. The molecule has 0 aliphatic heterocycles. The Morgan fingerprint density at radius 2 is 2.00 bits per heavy atom. The Balaban J connectivity index is 1.72. The standard InChI is InChI=1S/C23H19N3O6/c1-3-31-21-11-16(26(29)30)9-14(22(21)28)12-24-15-5-6-19(27)17(10-15)23-25-18-8-13(2)4-7-20(18)32-23/h4-12,27-28H,3H2,1-2H3. The molecule has 0 spiro atoms. The zero-order valence-electron chi connectivity index (χ0n) is 17.3. The van der Waals surface area contributed by atoms with Gasteiger partial charge >= 0.3 is 0 Å². The summed E-state index contributed by atoms with van der Waals surface area (Å²) in [5, 5.41) is 31.9. The molecule has 0 unspecified atom stereocenters. The van der Waals surface area contributed by atoms with Gasteiger partial charge in [-0.15, -0.1) is 0 Å². The molecule has 4 rings (SSSR count). The summed E-state index contributed by atoms with van der Waals surface area (Å²) in [6.45, 7) is 3.88. The first-order valence-corrected chi connectivity index (χ1v) is 9.74. The van der Waals surface area contributed by atoms with E-state index in [9.17, 15) is 20.3 Å². The number of benzene rings is 3. The third-order valence-electron chi connectivity index (χ3n) is 4.71. The number of phenolic OH excluding ortho intramolecular Hbond substituents is 2. The van der Waals surface area contributed by atoms with Crippen molar-refractivity contribution in [3.8, 4) is 28.7 Å². The van der Waals surface area contributed by atoms with Crippen LogP contribution in [0.2, 0.25) is 0 Å². The number of nitro benzene ring substituents is 1. The van der Waals surface area contributed by atoms with Crippen molar-refractivity contribution in [1.29, 1.82) is 0 Å². The minimum Gasteiger partial charge on any atom is -0.507 e. The smallest absolute Gasteiger partial charge is 0.274 e. The molecule has 32 heavy (non-hydrogen) atoms. The van der Waals surface area contributed by atoms with E-state index in [1.165, 1.54) is 18.3 Å². The molecule has 0 atom stereocenters. The van der Waals surface area contributed by atoms with Crippen LogP contribution in [-0.4, -0.2) is 32.9 Å². The number of nitro groups is 1. The molecule has 0 amide bonds. The van der Waals surface area contributed by atoms with Crippen molar-refractivity contribution in [1.82, 2.24) is 4.98 Å². The van der Waals surface area contributed by atoms with Crippen LogP contribution in [0.5, 0.6) is 17.2 Å². The fourth-order valence-electron chi connectivity index (χ4n) is 3.16. The van der Waals surface area contributed by atoms with Crippen LogP contribution in [0.1, 0.15) is 18.1 Å². The Kier molecular flexibility index (Phi) is 5.46. The average Bonchev–Trinajstić information content (AvgIpc) is 3.18. The van der Waals surface area contributed by atoms with E-state index < -0.39 is 4.92 Å². The number of oxazole rings is 1. The minimum absolute atomic E-state index is 0.00341. The summed E-state index contributed by atoms with van der Waals surface area (Å²) >= 11 is 0. The zero-order valence-corrected chi connectivity index (χ0v) is 17.3. The van der Waals surface area contributed by atoms with E-state index in [2.05, 4.69) is 9.98 Å². The van der Waals surface area contributed by atoms with Gasteiger partial charge in [-0.3, -0.25) is 15.1 Å². The van der Waals surface area contributed by atoms with Gasteiger partial charge in [0.2, 0.25) is 5.89 Å². The van der Waals surface area contributed by atoms with Crippen LogP contribution in [0.4, 0.5) is 11.4 Å². The van der Waals surface area contributed by atoms with Gasteiger partial charge < -0.3 is 19.4 Å². The number of rotatable bonds is 6. The fraction of sp³-hybridized carbons (Fsp3) is 0.130. The SMILES string of the molecule is CCOc1cc([N+](=O)[O-])cc(C=Nc2ccc(O)c(-c3nc4cc(C)ccc4o3)c2)c1O. The number of aromatic nitrogens is 1. The topological polar surface area (TPSA) is 131 Å².